The molecule has 0 aliphatic carbocycles. The normalized spacial score (nSPS) is 9.40. The molecule has 1 aromatic carbocycles. The molecule has 0 radical (unpaired) electrons. The molecular weight excluding hydrogens is 180 g/mol. The van der Waals surface area contributed by atoms with Gasteiger partial charge in [-0.1, -0.05) is 30.4 Å². The molecule has 0 fully saturated rings. The van der Waals surface area contributed by atoms with E-state index in [0.717, 1.165) is 10.5 Å². The van der Waals surface area contributed by atoms with Crippen molar-refractivity contribution in [2.24, 2.45) is 0 Å². The van der Waals surface area contributed by atoms with Gasteiger partial charge >= 0.3 is 0 Å². The molecule has 0 nitrogen and oxygen atoms in total. The maximum Gasteiger partial charge on any atom is 0.0758 e. The third-order valence-electron chi connectivity index (χ3n) is 1.13. The fraction of sp³-hybridized carbons (Fsp3) is 0. The minimum atomic E-state index is 0.589. The molecule has 52 valence electrons. The average Bonchev–Trinajstić information content (AvgIpc) is 1.88. The van der Waals surface area contributed by atoms with E-state index < -0.39 is 0 Å². The summed E-state index contributed by atoms with van der Waals surface area (Å²) in [6.07, 6.45) is 0. The SMILES string of the molecule is S=C(S)c1ccccc1S. The van der Waals surface area contributed by atoms with Crippen LogP contribution in [0.1, 0.15) is 5.56 Å². The number of thiocarbonyl (C=S) groups is 1. The average molecular weight is 186 g/mol. The molecule has 0 saturated carbocycles. The number of benzene rings is 1. The van der Waals surface area contributed by atoms with Gasteiger partial charge in [-0.15, -0.1) is 25.3 Å². The van der Waals surface area contributed by atoms with Gasteiger partial charge in [0, 0.05) is 10.5 Å². The van der Waals surface area contributed by atoms with Crippen LogP contribution in [0, 0.1) is 0 Å². The highest BCUT2D eigenvalue weighted by Gasteiger charge is 1.97. The molecule has 1 rings (SSSR count). The van der Waals surface area contributed by atoms with E-state index in [0.29, 0.717) is 4.20 Å². The van der Waals surface area contributed by atoms with E-state index in [1.165, 1.54) is 0 Å². The van der Waals surface area contributed by atoms with Crippen molar-refractivity contribution in [3.63, 3.8) is 0 Å². The van der Waals surface area contributed by atoms with Crippen molar-refractivity contribution in [1.29, 1.82) is 0 Å². The second kappa shape index (κ2) is 3.42. The molecule has 0 spiro atoms. The Morgan fingerprint density at radius 2 is 1.90 bits per heavy atom. The monoisotopic (exact) mass is 186 g/mol. The third-order valence-corrected chi connectivity index (χ3v) is 1.99. The maximum absolute atomic E-state index is 4.86. The summed E-state index contributed by atoms with van der Waals surface area (Å²) in [5.74, 6) is 0. The second-order valence-corrected chi connectivity index (χ2v) is 3.46. The summed E-state index contributed by atoms with van der Waals surface area (Å²) in [5.41, 5.74) is 0.921. The quantitative estimate of drug-likeness (QED) is 0.502. The Hall–Kier alpha value is 0.01000. The first kappa shape index (κ1) is 8.11. The summed E-state index contributed by atoms with van der Waals surface area (Å²) < 4.78 is 0.589. The Morgan fingerprint density at radius 1 is 1.30 bits per heavy atom. The maximum atomic E-state index is 4.86. The van der Waals surface area contributed by atoms with Crippen molar-refractivity contribution in [2.45, 2.75) is 4.90 Å². The number of thiol groups is 2. The van der Waals surface area contributed by atoms with Gasteiger partial charge < -0.3 is 0 Å². The Kier molecular flexibility index (Phi) is 2.77. The molecule has 1 aromatic rings. The molecule has 0 atom stereocenters. The van der Waals surface area contributed by atoms with Gasteiger partial charge in [-0.3, -0.25) is 0 Å². The first-order valence-corrected chi connectivity index (χ1v) is 4.03. The highest BCUT2D eigenvalue weighted by Crippen LogP contribution is 2.15. The lowest BCUT2D eigenvalue weighted by Crippen LogP contribution is -1.87. The van der Waals surface area contributed by atoms with Gasteiger partial charge in [0.25, 0.3) is 0 Å². The lowest BCUT2D eigenvalue weighted by Gasteiger charge is -1.98. The van der Waals surface area contributed by atoms with Crippen LogP contribution in [0.2, 0.25) is 0 Å². The standard InChI is InChI=1S/C7H6S3/c8-6-4-2-1-3-5(6)7(9)10/h1-4,8H,(H,9,10). The van der Waals surface area contributed by atoms with Crippen LogP contribution in [0.4, 0.5) is 0 Å². The van der Waals surface area contributed by atoms with Gasteiger partial charge in [-0.2, -0.15) is 0 Å². The molecule has 0 N–H and O–H groups in total. The molecule has 0 amide bonds. The van der Waals surface area contributed by atoms with E-state index in [1.807, 2.05) is 24.3 Å². The molecule has 0 aromatic heterocycles. The van der Waals surface area contributed by atoms with Crippen molar-refractivity contribution in [1.82, 2.24) is 0 Å². The molecule has 0 heterocycles. The van der Waals surface area contributed by atoms with E-state index in [-0.39, 0.29) is 0 Å². The smallest absolute Gasteiger partial charge is 0.0758 e. The minimum Gasteiger partial charge on any atom is -0.143 e. The third kappa shape index (κ3) is 1.75. The van der Waals surface area contributed by atoms with Gasteiger partial charge in [-0.05, 0) is 6.07 Å². The van der Waals surface area contributed by atoms with Crippen LogP contribution in [-0.2, 0) is 0 Å². The topological polar surface area (TPSA) is 0 Å². The van der Waals surface area contributed by atoms with Crippen molar-refractivity contribution in [3.05, 3.63) is 29.8 Å². The summed E-state index contributed by atoms with van der Waals surface area (Å²) in [7, 11) is 0. The van der Waals surface area contributed by atoms with Crippen molar-refractivity contribution in [2.75, 3.05) is 0 Å². The molecule has 10 heavy (non-hydrogen) atoms. The molecule has 0 bridgehead atoms. The van der Waals surface area contributed by atoms with Crippen LogP contribution in [0.15, 0.2) is 29.2 Å². The van der Waals surface area contributed by atoms with E-state index in [9.17, 15) is 0 Å². The molecule has 0 unspecified atom stereocenters. The molecule has 0 aliphatic rings. The fourth-order valence-electron chi connectivity index (χ4n) is 0.654. The van der Waals surface area contributed by atoms with Crippen molar-refractivity contribution in [3.8, 4) is 0 Å². The molecule has 0 saturated heterocycles. The lowest BCUT2D eigenvalue weighted by atomic mass is 10.2. The van der Waals surface area contributed by atoms with Crippen molar-refractivity contribution < 1.29 is 0 Å². The largest absolute Gasteiger partial charge is 0.143 e. The van der Waals surface area contributed by atoms with E-state index in [2.05, 4.69) is 25.3 Å². The van der Waals surface area contributed by atoms with Gasteiger partial charge in [0.2, 0.25) is 0 Å². The Morgan fingerprint density at radius 3 is 2.30 bits per heavy atom. The van der Waals surface area contributed by atoms with E-state index in [1.54, 1.807) is 0 Å². The molecular formula is C7H6S3. The van der Waals surface area contributed by atoms with E-state index in [4.69, 9.17) is 12.2 Å². The summed E-state index contributed by atoms with van der Waals surface area (Å²) in [6.45, 7) is 0. The van der Waals surface area contributed by atoms with Crippen LogP contribution < -0.4 is 0 Å². The van der Waals surface area contributed by atoms with Crippen LogP contribution in [-0.4, -0.2) is 4.20 Å². The van der Waals surface area contributed by atoms with E-state index >= 15 is 0 Å². The Balaban J connectivity index is 3.15. The van der Waals surface area contributed by atoms with Crippen molar-refractivity contribution >= 4 is 41.7 Å². The van der Waals surface area contributed by atoms with Crippen LogP contribution in [0.3, 0.4) is 0 Å². The first-order valence-electron chi connectivity index (χ1n) is 2.73. The highest BCUT2D eigenvalue weighted by atomic mass is 32.1. The second-order valence-electron chi connectivity index (χ2n) is 1.82. The minimum absolute atomic E-state index is 0.589. The highest BCUT2D eigenvalue weighted by molar-refractivity contribution is 8.11. The van der Waals surface area contributed by atoms with Crippen LogP contribution in [0.5, 0.6) is 0 Å². The van der Waals surface area contributed by atoms with Gasteiger partial charge in [0.1, 0.15) is 0 Å². The number of hydrogen-bond acceptors (Lipinski definition) is 2. The summed E-state index contributed by atoms with van der Waals surface area (Å²) in [6, 6.07) is 7.62. The zero-order valence-corrected chi connectivity index (χ0v) is 7.72. The Bertz CT molecular complexity index is 255. The predicted molar refractivity (Wildman–Crippen MR) is 54.4 cm³/mol. The number of rotatable bonds is 1. The zero-order chi connectivity index (χ0) is 7.56. The summed E-state index contributed by atoms with van der Waals surface area (Å²) in [4.78, 5) is 0.877. The first-order chi connectivity index (χ1) is 4.72. The van der Waals surface area contributed by atoms with Gasteiger partial charge in [0.15, 0.2) is 0 Å². The summed E-state index contributed by atoms with van der Waals surface area (Å²) in [5, 5.41) is 0. The number of hydrogen-bond donors (Lipinski definition) is 2. The zero-order valence-electron chi connectivity index (χ0n) is 5.11. The molecule has 0 aliphatic heterocycles. The lowest BCUT2D eigenvalue weighted by molar-refractivity contribution is 1.45. The van der Waals surface area contributed by atoms with Gasteiger partial charge in [0.05, 0.1) is 4.20 Å². The van der Waals surface area contributed by atoms with Gasteiger partial charge in [-0.25, -0.2) is 0 Å². The predicted octanol–water partition coefficient (Wildman–Crippen LogP) is 2.58. The van der Waals surface area contributed by atoms with Crippen LogP contribution >= 0.6 is 37.5 Å². The van der Waals surface area contributed by atoms with Crippen LogP contribution in [0.25, 0.3) is 0 Å². The fourth-order valence-corrected chi connectivity index (χ4v) is 1.46. The Labute approximate surface area is 76.5 Å². The molecule has 3 heteroatoms. The summed E-state index contributed by atoms with van der Waals surface area (Å²) >= 11 is 13.1.